The van der Waals surface area contributed by atoms with Crippen LogP contribution in [-0.4, -0.2) is 29.7 Å². The van der Waals surface area contributed by atoms with Gasteiger partial charge in [0.25, 0.3) is 5.91 Å². The van der Waals surface area contributed by atoms with Gasteiger partial charge in [-0.2, -0.15) is 0 Å². The molecule has 1 aromatic rings. The molecule has 2 atom stereocenters. The van der Waals surface area contributed by atoms with Crippen LogP contribution in [0, 0.1) is 5.92 Å². The molecule has 0 saturated heterocycles. The van der Waals surface area contributed by atoms with Crippen LogP contribution in [0.2, 0.25) is 0 Å². The first-order valence-electron chi connectivity index (χ1n) is 8.64. The third-order valence-corrected chi connectivity index (χ3v) is 4.24. The van der Waals surface area contributed by atoms with Crippen LogP contribution in [0.4, 0.5) is 5.69 Å². The number of carbonyl (C=O) groups is 1. The number of aromatic nitrogens is 1. The van der Waals surface area contributed by atoms with Crippen molar-refractivity contribution in [3.05, 3.63) is 18.3 Å². The van der Waals surface area contributed by atoms with Crippen molar-refractivity contribution in [3.63, 3.8) is 0 Å². The van der Waals surface area contributed by atoms with Crippen LogP contribution < -0.4 is 10.1 Å². The van der Waals surface area contributed by atoms with E-state index in [2.05, 4.69) is 17.2 Å². The van der Waals surface area contributed by atoms with E-state index in [0.717, 1.165) is 32.1 Å². The number of amides is 1. The zero-order chi connectivity index (χ0) is 16.7. The number of anilines is 1. The Morgan fingerprint density at radius 3 is 2.87 bits per heavy atom. The molecule has 0 bridgehead atoms. The summed E-state index contributed by atoms with van der Waals surface area (Å²) in [6, 6.07) is 3.60. The molecular formula is C18H28N2O3. The van der Waals surface area contributed by atoms with E-state index in [0.29, 0.717) is 30.7 Å². The van der Waals surface area contributed by atoms with E-state index in [1.54, 1.807) is 12.3 Å². The number of hydrogen-bond acceptors (Lipinski definition) is 4. The van der Waals surface area contributed by atoms with Crippen molar-refractivity contribution >= 4 is 11.6 Å². The van der Waals surface area contributed by atoms with Gasteiger partial charge in [0.15, 0.2) is 0 Å². The number of hydrogen-bond donors (Lipinski definition) is 1. The Morgan fingerprint density at radius 2 is 2.26 bits per heavy atom. The van der Waals surface area contributed by atoms with Crippen LogP contribution in [0.1, 0.15) is 52.9 Å². The van der Waals surface area contributed by atoms with E-state index in [4.69, 9.17) is 9.47 Å². The average Bonchev–Trinajstić information content (AvgIpc) is 2.54. The van der Waals surface area contributed by atoms with Crippen LogP contribution in [0.5, 0.6) is 5.88 Å². The van der Waals surface area contributed by atoms with Crippen molar-refractivity contribution in [1.82, 2.24) is 4.98 Å². The summed E-state index contributed by atoms with van der Waals surface area (Å²) < 4.78 is 11.3. The first kappa shape index (κ1) is 17.7. The summed E-state index contributed by atoms with van der Waals surface area (Å²) in [7, 11) is 0. The molecule has 1 aliphatic carbocycles. The summed E-state index contributed by atoms with van der Waals surface area (Å²) in [5, 5.41) is 2.96. The second-order valence-electron chi connectivity index (χ2n) is 6.32. The molecule has 1 heterocycles. The average molecular weight is 320 g/mol. The predicted octanol–water partition coefficient (Wildman–Crippen LogP) is 3.79. The van der Waals surface area contributed by atoms with Crippen LogP contribution in [-0.2, 0) is 9.53 Å². The fourth-order valence-electron chi connectivity index (χ4n) is 3.17. The maximum Gasteiger partial charge on any atom is 0.256 e. The molecule has 23 heavy (non-hydrogen) atoms. The largest absolute Gasteiger partial charge is 0.478 e. The first-order valence-corrected chi connectivity index (χ1v) is 8.64. The highest BCUT2D eigenvalue weighted by molar-refractivity contribution is 5.97. The van der Waals surface area contributed by atoms with Crippen LogP contribution in [0.15, 0.2) is 18.3 Å². The maximum absolute atomic E-state index is 12.8. The van der Waals surface area contributed by atoms with Crippen LogP contribution in [0.25, 0.3) is 0 Å². The van der Waals surface area contributed by atoms with Gasteiger partial charge in [-0.1, -0.05) is 20.3 Å². The highest BCUT2D eigenvalue weighted by Gasteiger charge is 2.42. The van der Waals surface area contributed by atoms with Crippen LogP contribution in [0.3, 0.4) is 0 Å². The molecule has 0 aromatic carbocycles. The fraction of sp³-hybridized carbons (Fsp3) is 0.667. The zero-order valence-electron chi connectivity index (χ0n) is 14.4. The molecule has 1 aliphatic rings. The van der Waals surface area contributed by atoms with E-state index in [-0.39, 0.29) is 5.91 Å². The number of rotatable bonds is 7. The van der Waals surface area contributed by atoms with Crippen molar-refractivity contribution in [2.24, 2.45) is 5.92 Å². The van der Waals surface area contributed by atoms with Crippen molar-refractivity contribution in [3.8, 4) is 5.88 Å². The quantitative estimate of drug-likeness (QED) is 0.830. The lowest BCUT2D eigenvalue weighted by Crippen LogP contribution is -2.48. The molecule has 0 aliphatic heterocycles. The molecular weight excluding hydrogens is 292 g/mol. The Morgan fingerprint density at radius 1 is 1.43 bits per heavy atom. The minimum Gasteiger partial charge on any atom is -0.478 e. The van der Waals surface area contributed by atoms with Gasteiger partial charge in [0.2, 0.25) is 5.88 Å². The molecule has 5 nitrogen and oxygen atoms in total. The monoisotopic (exact) mass is 320 g/mol. The Labute approximate surface area is 138 Å². The van der Waals surface area contributed by atoms with Gasteiger partial charge in [-0.05, 0) is 44.6 Å². The topological polar surface area (TPSA) is 60.5 Å². The predicted molar refractivity (Wildman–Crippen MR) is 90.6 cm³/mol. The number of nitrogens with zero attached hydrogens (tertiary/aromatic N) is 1. The summed E-state index contributed by atoms with van der Waals surface area (Å²) in [5.41, 5.74) is -0.0276. The first-order chi connectivity index (χ1) is 11.1. The second kappa shape index (κ2) is 8.29. The van der Waals surface area contributed by atoms with E-state index < -0.39 is 5.60 Å². The SMILES string of the molecule is CCCOc1ccc(NC(=O)[C@@]2(OCC)CCC[C@H](C)C2)cn1. The van der Waals surface area contributed by atoms with Gasteiger partial charge >= 0.3 is 0 Å². The standard InChI is InChI=1S/C18H28N2O3/c1-4-11-22-16-9-8-15(13-19-16)20-17(21)18(23-5-2)10-6-7-14(3)12-18/h8-9,13-14H,4-7,10-12H2,1-3H3,(H,20,21)/t14-,18+/m0/s1. The molecule has 1 aromatic heterocycles. The van der Waals surface area contributed by atoms with Crippen molar-refractivity contribution < 1.29 is 14.3 Å². The maximum atomic E-state index is 12.8. The molecule has 1 saturated carbocycles. The minimum atomic E-state index is -0.705. The van der Waals surface area contributed by atoms with Gasteiger partial charge in [0, 0.05) is 12.7 Å². The van der Waals surface area contributed by atoms with E-state index in [1.165, 1.54) is 0 Å². The van der Waals surface area contributed by atoms with Crippen molar-refractivity contribution in [2.45, 2.75) is 58.5 Å². The Balaban J connectivity index is 2.03. The zero-order valence-corrected chi connectivity index (χ0v) is 14.4. The van der Waals surface area contributed by atoms with Gasteiger partial charge in [0.05, 0.1) is 18.5 Å². The molecule has 128 valence electrons. The Bertz CT molecular complexity index is 499. The molecule has 1 fully saturated rings. The minimum absolute atomic E-state index is 0.0603. The van der Waals surface area contributed by atoms with E-state index in [1.807, 2.05) is 19.9 Å². The second-order valence-corrected chi connectivity index (χ2v) is 6.32. The summed E-state index contributed by atoms with van der Waals surface area (Å²) in [5.74, 6) is 1.02. The Hall–Kier alpha value is -1.62. The van der Waals surface area contributed by atoms with Crippen molar-refractivity contribution in [1.29, 1.82) is 0 Å². The van der Waals surface area contributed by atoms with Crippen LogP contribution >= 0.6 is 0 Å². The third-order valence-electron chi connectivity index (χ3n) is 4.24. The third kappa shape index (κ3) is 4.67. The number of nitrogens with one attached hydrogen (secondary N) is 1. The lowest BCUT2D eigenvalue weighted by molar-refractivity contribution is -0.147. The van der Waals surface area contributed by atoms with Gasteiger partial charge < -0.3 is 14.8 Å². The van der Waals surface area contributed by atoms with Gasteiger partial charge in [-0.15, -0.1) is 0 Å². The molecule has 0 unspecified atom stereocenters. The van der Waals surface area contributed by atoms with E-state index in [9.17, 15) is 4.79 Å². The summed E-state index contributed by atoms with van der Waals surface area (Å²) >= 11 is 0. The smallest absolute Gasteiger partial charge is 0.256 e. The van der Waals surface area contributed by atoms with Gasteiger partial charge in [-0.25, -0.2) is 4.98 Å². The number of ether oxygens (including phenoxy) is 2. The molecule has 1 N–H and O–H groups in total. The lowest BCUT2D eigenvalue weighted by atomic mass is 9.78. The molecule has 1 amide bonds. The summed E-state index contributed by atoms with van der Waals surface area (Å²) in [4.78, 5) is 17.0. The van der Waals surface area contributed by atoms with E-state index >= 15 is 0 Å². The highest BCUT2D eigenvalue weighted by atomic mass is 16.5. The molecule has 2 rings (SSSR count). The normalized spacial score (nSPS) is 24.2. The highest BCUT2D eigenvalue weighted by Crippen LogP contribution is 2.36. The molecule has 0 spiro atoms. The molecule has 0 radical (unpaired) electrons. The summed E-state index contributed by atoms with van der Waals surface area (Å²) in [6.45, 7) is 7.36. The number of pyridine rings is 1. The fourth-order valence-corrected chi connectivity index (χ4v) is 3.17. The summed E-state index contributed by atoms with van der Waals surface area (Å²) in [6.07, 6.45) is 6.31. The van der Waals surface area contributed by atoms with Gasteiger partial charge in [0.1, 0.15) is 5.60 Å². The van der Waals surface area contributed by atoms with Crippen molar-refractivity contribution in [2.75, 3.05) is 18.5 Å². The lowest BCUT2D eigenvalue weighted by Gasteiger charge is -2.38. The molecule has 5 heteroatoms. The number of carbonyl (C=O) groups excluding carboxylic acids is 1. The Kier molecular flexibility index (Phi) is 6.39. The van der Waals surface area contributed by atoms with Gasteiger partial charge in [-0.3, -0.25) is 4.79 Å².